The van der Waals surface area contributed by atoms with Crippen molar-refractivity contribution < 1.29 is 28.3 Å². The minimum Gasteiger partial charge on any atom is -0.575 e. The lowest BCUT2D eigenvalue weighted by molar-refractivity contribution is -0.716. The fraction of sp³-hybridized carbons (Fsp3) is 0.179. The van der Waals surface area contributed by atoms with Crippen molar-refractivity contribution in [2.75, 3.05) is 5.73 Å². The molecule has 2 aromatic carbocycles. The summed E-state index contributed by atoms with van der Waals surface area (Å²) < 4.78 is 26.6. The van der Waals surface area contributed by atoms with E-state index in [1.807, 2.05) is 47.0 Å². The Morgan fingerprint density at radius 3 is 2.39 bits per heavy atom. The molecule has 0 saturated heterocycles. The maximum Gasteiger partial charge on any atom is 0.338 e. The first-order chi connectivity index (χ1) is 17.2. The summed E-state index contributed by atoms with van der Waals surface area (Å²) in [7, 11) is 0. The summed E-state index contributed by atoms with van der Waals surface area (Å²) in [6, 6.07) is 19.6. The molecule has 0 amide bonds. The number of pyridine rings is 2. The molecular formula is C28H24FN3O4. The number of carbonyl (C=O) groups excluding carboxylic acids is 1. The van der Waals surface area contributed by atoms with Gasteiger partial charge in [-0.25, -0.2) is 14.2 Å². The van der Waals surface area contributed by atoms with Crippen LogP contribution in [0.1, 0.15) is 37.1 Å². The van der Waals surface area contributed by atoms with E-state index < -0.39 is 35.5 Å². The highest BCUT2D eigenvalue weighted by Crippen LogP contribution is 2.41. The Labute approximate surface area is 207 Å². The van der Waals surface area contributed by atoms with E-state index in [0.717, 1.165) is 5.39 Å². The lowest BCUT2D eigenvalue weighted by Gasteiger charge is -2.41. The van der Waals surface area contributed by atoms with E-state index in [-0.39, 0.29) is 5.57 Å². The summed E-state index contributed by atoms with van der Waals surface area (Å²) in [5, 5.41) is 14.0. The molecule has 7 nitrogen and oxygen atoms in total. The van der Waals surface area contributed by atoms with Gasteiger partial charge in [0.15, 0.2) is 18.2 Å². The van der Waals surface area contributed by atoms with Gasteiger partial charge in [-0.2, -0.15) is 4.57 Å². The first-order valence-corrected chi connectivity index (χ1v) is 11.4. The van der Waals surface area contributed by atoms with Gasteiger partial charge in [-0.15, -0.1) is 0 Å². The number of anilines is 1. The number of nitrogens with zero attached hydrogens (tertiary/aromatic N) is 2. The molecule has 0 radical (unpaired) electrons. The number of hydrogen-bond donors (Lipinski definition) is 1. The Bertz CT molecular complexity index is 1470. The molecule has 3 heterocycles. The van der Waals surface area contributed by atoms with E-state index in [0.29, 0.717) is 22.5 Å². The van der Waals surface area contributed by atoms with Gasteiger partial charge in [-0.1, -0.05) is 36.4 Å². The number of para-hydroxylation sites is 1. The van der Waals surface area contributed by atoms with Crippen molar-refractivity contribution in [3.05, 3.63) is 114 Å². The van der Waals surface area contributed by atoms with Crippen LogP contribution in [0, 0.1) is 5.82 Å². The molecule has 1 aliphatic rings. The smallest absolute Gasteiger partial charge is 0.338 e. The fourth-order valence-corrected chi connectivity index (χ4v) is 4.56. The number of esters is 1. The van der Waals surface area contributed by atoms with E-state index in [4.69, 9.17) is 20.2 Å². The maximum absolute atomic E-state index is 13.9. The highest BCUT2D eigenvalue weighted by Gasteiger charge is 2.43. The molecule has 4 aromatic rings. The first kappa shape index (κ1) is 23.3. The second kappa shape index (κ2) is 8.96. The number of ether oxygens (including phenoxy) is 2. The number of rotatable bonds is 5. The number of nitrogens with two attached hydrogens (primary N) is 1. The van der Waals surface area contributed by atoms with Gasteiger partial charge in [0.1, 0.15) is 11.5 Å². The zero-order chi connectivity index (χ0) is 25.4. The molecule has 5 rings (SSSR count). The Morgan fingerprint density at radius 1 is 1.00 bits per heavy atom. The van der Waals surface area contributed by atoms with Crippen LogP contribution in [0.3, 0.4) is 0 Å². The van der Waals surface area contributed by atoms with E-state index in [1.165, 1.54) is 38.1 Å². The fourth-order valence-electron chi connectivity index (χ4n) is 4.56. The molecule has 0 bridgehead atoms. The number of nitrogen functional groups attached to an aromatic ring is 1. The van der Waals surface area contributed by atoms with Crippen molar-refractivity contribution in [2.24, 2.45) is 0 Å². The van der Waals surface area contributed by atoms with Crippen LogP contribution in [0.25, 0.3) is 10.9 Å². The molecule has 2 aromatic heterocycles. The Morgan fingerprint density at radius 2 is 1.69 bits per heavy atom. The van der Waals surface area contributed by atoms with Crippen molar-refractivity contribution in [3.63, 3.8) is 0 Å². The van der Waals surface area contributed by atoms with Crippen LogP contribution in [0.4, 0.5) is 10.1 Å². The molecule has 2 N–H and O–H groups in total. The number of aromatic nitrogens is 2. The summed E-state index contributed by atoms with van der Waals surface area (Å²) in [6.07, 6.45) is 3.61. The van der Waals surface area contributed by atoms with Gasteiger partial charge >= 0.3 is 5.97 Å². The van der Waals surface area contributed by atoms with Crippen LogP contribution < -0.4 is 15.4 Å². The lowest BCUT2D eigenvalue weighted by Crippen LogP contribution is -2.48. The van der Waals surface area contributed by atoms with Crippen LogP contribution in [-0.4, -0.2) is 16.7 Å². The van der Waals surface area contributed by atoms with Crippen molar-refractivity contribution >= 4 is 22.6 Å². The number of benzene rings is 2. The van der Waals surface area contributed by atoms with Crippen LogP contribution in [0.5, 0.6) is 0 Å². The highest BCUT2D eigenvalue weighted by molar-refractivity contribution is 5.92. The Balaban J connectivity index is 1.80. The minimum atomic E-state index is -1.41. The maximum atomic E-state index is 13.9. The Hall–Kier alpha value is -4.46. The molecule has 2 atom stereocenters. The van der Waals surface area contributed by atoms with Crippen molar-refractivity contribution in [3.8, 4) is 0 Å². The van der Waals surface area contributed by atoms with Gasteiger partial charge in [0.05, 0.1) is 23.0 Å². The molecule has 8 heteroatoms. The van der Waals surface area contributed by atoms with Gasteiger partial charge in [0, 0.05) is 23.2 Å². The van der Waals surface area contributed by atoms with Gasteiger partial charge in [-0.05, 0) is 43.7 Å². The topological polar surface area (TPSA) is 101 Å². The van der Waals surface area contributed by atoms with E-state index in [2.05, 4.69) is 0 Å². The quantitative estimate of drug-likeness (QED) is 0.343. The average Bonchev–Trinajstić information content (AvgIpc) is 2.83. The summed E-state index contributed by atoms with van der Waals surface area (Å²) in [5.74, 6) is -4.40. The monoisotopic (exact) mass is 485 g/mol. The zero-order valence-corrected chi connectivity index (χ0v) is 19.7. The average molecular weight is 486 g/mol. The van der Waals surface area contributed by atoms with E-state index in [9.17, 15) is 14.3 Å². The largest absolute Gasteiger partial charge is 0.575 e. The van der Waals surface area contributed by atoms with Crippen molar-refractivity contribution in [2.45, 2.75) is 31.6 Å². The third-order valence-electron chi connectivity index (χ3n) is 6.10. The summed E-state index contributed by atoms with van der Waals surface area (Å²) in [4.78, 5) is 18.1. The highest BCUT2D eigenvalue weighted by atomic mass is 19.1. The number of cyclic esters (lactones) is 1. The third kappa shape index (κ3) is 4.33. The number of fused-ring (bicyclic) bond motifs is 1. The summed E-state index contributed by atoms with van der Waals surface area (Å²) in [5.41, 5.74) is 8.37. The van der Waals surface area contributed by atoms with Crippen molar-refractivity contribution in [1.29, 1.82) is 0 Å². The predicted octanol–water partition coefficient (Wildman–Crippen LogP) is 3.50. The molecule has 1 aliphatic heterocycles. The van der Waals surface area contributed by atoms with E-state index >= 15 is 0 Å². The standard InChI is InChI=1S/C28H24FN3O4/c1-28(2)35-26(33)24(27(34)36-28)23(17-10-12-18(29)13-11-17)25(32-14-6-3-7-15-32)22-16-20(30)19-8-4-5-9-21(19)31-22/h3-16,23,25H,1-2H3,(H2-,30,31,33,34). The van der Waals surface area contributed by atoms with Crippen LogP contribution >= 0.6 is 0 Å². The second-order valence-electron chi connectivity index (χ2n) is 9.04. The van der Waals surface area contributed by atoms with E-state index in [1.54, 1.807) is 18.5 Å². The molecule has 36 heavy (non-hydrogen) atoms. The van der Waals surface area contributed by atoms with Crippen LogP contribution in [-0.2, 0) is 14.3 Å². The lowest BCUT2D eigenvalue weighted by atomic mass is 9.82. The molecule has 0 saturated carbocycles. The summed E-state index contributed by atoms with van der Waals surface area (Å²) >= 11 is 0. The third-order valence-corrected chi connectivity index (χ3v) is 6.10. The van der Waals surface area contributed by atoms with Gasteiger partial charge in [-0.3, -0.25) is 0 Å². The minimum absolute atomic E-state index is 0.212. The second-order valence-corrected chi connectivity index (χ2v) is 9.04. The molecule has 0 fully saturated rings. The zero-order valence-electron chi connectivity index (χ0n) is 19.7. The van der Waals surface area contributed by atoms with Gasteiger partial charge in [0.25, 0.3) is 0 Å². The van der Waals surface area contributed by atoms with Crippen molar-refractivity contribution in [1.82, 2.24) is 4.98 Å². The molecule has 2 unspecified atom stereocenters. The normalized spacial score (nSPS) is 16.8. The van der Waals surface area contributed by atoms with Gasteiger partial charge < -0.3 is 20.3 Å². The van der Waals surface area contributed by atoms with Gasteiger partial charge in [0.2, 0.25) is 6.04 Å². The summed E-state index contributed by atoms with van der Waals surface area (Å²) in [6.45, 7) is 2.98. The molecule has 182 valence electrons. The predicted molar refractivity (Wildman–Crippen MR) is 128 cm³/mol. The molecular weight excluding hydrogens is 461 g/mol. The molecule has 0 aliphatic carbocycles. The number of carbonyl (C=O) groups is 1. The van der Waals surface area contributed by atoms with Crippen LogP contribution in [0.15, 0.2) is 96.7 Å². The first-order valence-electron chi connectivity index (χ1n) is 11.4. The number of hydrogen-bond acceptors (Lipinski definition) is 6. The van der Waals surface area contributed by atoms with Crippen LogP contribution in [0.2, 0.25) is 0 Å². The number of halogens is 1. The molecule has 0 spiro atoms. The SMILES string of the molecule is CC1(C)OC(=O)C(C(c2ccc(F)cc2)C(c2cc(N)c3ccccc3n2)[n+]2ccccc2)=C([O-])O1. The Kier molecular flexibility index (Phi) is 5.80.